The van der Waals surface area contributed by atoms with Crippen LogP contribution in [0, 0.1) is 6.92 Å². The van der Waals surface area contributed by atoms with Crippen molar-refractivity contribution in [2.75, 3.05) is 0 Å². The number of hydrogen-bond acceptors (Lipinski definition) is 1. The Balaban J connectivity index is 2.79. The number of pyridine rings is 1. The fraction of sp³-hybridized carbons (Fsp3) is 0.300. The molecule has 0 spiro atoms. The Bertz CT molecular complexity index is 263. The van der Waals surface area contributed by atoms with E-state index in [9.17, 15) is 0 Å². The number of allylic oxidation sites excluding steroid dienone is 1. The van der Waals surface area contributed by atoms with E-state index in [1.807, 2.05) is 32.0 Å². The third-order valence-corrected chi connectivity index (χ3v) is 1.43. The first kappa shape index (κ1) is 7.99. The van der Waals surface area contributed by atoms with Gasteiger partial charge in [0.1, 0.15) is 0 Å². The second-order valence-electron chi connectivity index (χ2n) is 2.90. The Kier molecular flexibility index (Phi) is 2.42. The van der Waals surface area contributed by atoms with E-state index in [4.69, 9.17) is 0 Å². The molecule has 1 heterocycles. The molecule has 0 aliphatic rings. The molecule has 0 fully saturated rings. The maximum Gasteiger partial charge on any atom is 0.0447 e. The number of aryl methyl sites for hydroxylation is 1. The second kappa shape index (κ2) is 3.33. The molecule has 58 valence electrons. The maximum atomic E-state index is 4.35. The first-order valence-electron chi connectivity index (χ1n) is 3.75. The van der Waals surface area contributed by atoms with Crippen LogP contribution in [0.15, 0.2) is 30.4 Å². The zero-order chi connectivity index (χ0) is 8.27. The summed E-state index contributed by atoms with van der Waals surface area (Å²) in [5, 5.41) is 0. The fourth-order valence-electron chi connectivity index (χ4n) is 1.01. The number of aromatic nitrogens is 1. The van der Waals surface area contributed by atoms with Crippen molar-refractivity contribution in [3.05, 3.63) is 41.7 Å². The van der Waals surface area contributed by atoms with Crippen LogP contribution in [-0.4, -0.2) is 4.98 Å². The molecular formula is C10H13N. The summed E-state index contributed by atoms with van der Waals surface area (Å²) >= 11 is 0. The van der Waals surface area contributed by atoms with Crippen LogP contribution >= 0.6 is 0 Å². The van der Waals surface area contributed by atoms with Gasteiger partial charge in [-0.1, -0.05) is 18.2 Å². The van der Waals surface area contributed by atoms with Gasteiger partial charge in [0.15, 0.2) is 0 Å². The third kappa shape index (κ3) is 2.54. The van der Waals surface area contributed by atoms with Crippen molar-refractivity contribution < 1.29 is 0 Å². The lowest BCUT2D eigenvalue weighted by atomic mass is 10.2. The van der Waals surface area contributed by atoms with Crippen LogP contribution in [0.2, 0.25) is 0 Å². The highest BCUT2D eigenvalue weighted by Gasteiger charge is 1.93. The minimum Gasteiger partial charge on any atom is -0.258 e. The van der Waals surface area contributed by atoms with Gasteiger partial charge in [0.25, 0.3) is 0 Å². The smallest absolute Gasteiger partial charge is 0.0447 e. The van der Waals surface area contributed by atoms with Crippen molar-refractivity contribution in [1.82, 2.24) is 4.98 Å². The fourth-order valence-corrected chi connectivity index (χ4v) is 1.01. The summed E-state index contributed by atoms with van der Waals surface area (Å²) < 4.78 is 0. The number of nitrogens with zero attached hydrogens (tertiary/aromatic N) is 1. The lowest BCUT2D eigenvalue weighted by Gasteiger charge is -1.99. The molecular weight excluding hydrogens is 134 g/mol. The van der Waals surface area contributed by atoms with Gasteiger partial charge in [-0.15, -0.1) is 0 Å². The molecule has 0 aliphatic heterocycles. The summed E-state index contributed by atoms with van der Waals surface area (Å²) in [6.07, 6.45) is 0.891. The molecule has 0 bridgehead atoms. The summed E-state index contributed by atoms with van der Waals surface area (Å²) in [6.45, 7) is 7.86. The van der Waals surface area contributed by atoms with E-state index in [-0.39, 0.29) is 0 Å². The highest BCUT2D eigenvalue weighted by atomic mass is 14.7. The Morgan fingerprint density at radius 2 is 2.27 bits per heavy atom. The van der Waals surface area contributed by atoms with Gasteiger partial charge in [-0.25, -0.2) is 0 Å². The molecule has 0 atom stereocenters. The van der Waals surface area contributed by atoms with Crippen LogP contribution in [-0.2, 0) is 6.42 Å². The van der Waals surface area contributed by atoms with Gasteiger partial charge < -0.3 is 0 Å². The van der Waals surface area contributed by atoms with E-state index < -0.39 is 0 Å². The van der Waals surface area contributed by atoms with Gasteiger partial charge in [0, 0.05) is 17.8 Å². The normalized spacial score (nSPS) is 9.64. The Labute approximate surface area is 67.8 Å². The average Bonchev–Trinajstić information content (AvgIpc) is 1.85. The summed E-state index contributed by atoms with van der Waals surface area (Å²) in [5.74, 6) is 0. The van der Waals surface area contributed by atoms with Crippen molar-refractivity contribution in [2.45, 2.75) is 20.3 Å². The zero-order valence-electron chi connectivity index (χ0n) is 7.09. The highest BCUT2D eigenvalue weighted by molar-refractivity contribution is 5.14. The zero-order valence-corrected chi connectivity index (χ0v) is 7.09. The second-order valence-corrected chi connectivity index (χ2v) is 2.90. The molecule has 0 saturated heterocycles. The van der Waals surface area contributed by atoms with Crippen LogP contribution in [0.4, 0.5) is 0 Å². The van der Waals surface area contributed by atoms with E-state index in [2.05, 4.69) is 11.6 Å². The quantitative estimate of drug-likeness (QED) is 0.586. The van der Waals surface area contributed by atoms with Crippen LogP contribution in [0.25, 0.3) is 0 Å². The number of rotatable bonds is 2. The van der Waals surface area contributed by atoms with Gasteiger partial charge in [-0.05, 0) is 26.0 Å². The molecule has 0 amide bonds. The van der Waals surface area contributed by atoms with E-state index in [0.717, 1.165) is 23.4 Å². The Hall–Kier alpha value is -1.11. The standard InChI is InChI=1S/C10H13N/c1-8(2)7-10-6-4-5-9(3)11-10/h4-6H,1,7H2,2-3H3. The maximum absolute atomic E-state index is 4.35. The first-order valence-corrected chi connectivity index (χ1v) is 3.75. The van der Waals surface area contributed by atoms with Gasteiger partial charge in [-0.2, -0.15) is 0 Å². The molecule has 1 rings (SSSR count). The molecule has 1 heteroatoms. The van der Waals surface area contributed by atoms with Crippen LogP contribution in [0.5, 0.6) is 0 Å². The largest absolute Gasteiger partial charge is 0.258 e. The van der Waals surface area contributed by atoms with Crippen LogP contribution in [0.3, 0.4) is 0 Å². The van der Waals surface area contributed by atoms with Crippen molar-refractivity contribution in [2.24, 2.45) is 0 Å². The van der Waals surface area contributed by atoms with Crippen LogP contribution in [0.1, 0.15) is 18.3 Å². The summed E-state index contributed by atoms with van der Waals surface area (Å²) in [4.78, 5) is 4.35. The summed E-state index contributed by atoms with van der Waals surface area (Å²) in [7, 11) is 0. The van der Waals surface area contributed by atoms with Crippen LogP contribution < -0.4 is 0 Å². The monoisotopic (exact) mass is 147 g/mol. The Morgan fingerprint density at radius 1 is 1.55 bits per heavy atom. The van der Waals surface area contributed by atoms with Gasteiger partial charge in [0.2, 0.25) is 0 Å². The van der Waals surface area contributed by atoms with E-state index in [1.165, 1.54) is 0 Å². The van der Waals surface area contributed by atoms with Crippen molar-refractivity contribution >= 4 is 0 Å². The lowest BCUT2D eigenvalue weighted by molar-refractivity contribution is 1.02. The molecule has 1 nitrogen and oxygen atoms in total. The number of hydrogen-bond donors (Lipinski definition) is 0. The summed E-state index contributed by atoms with van der Waals surface area (Å²) in [6, 6.07) is 6.06. The van der Waals surface area contributed by atoms with Gasteiger partial charge in [-0.3, -0.25) is 4.98 Å². The molecule has 0 unspecified atom stereocenters. The van der Waals surface area contributed by atoms with Gasteiger partial charge >= 0.3 is 0 Å². The van der Waals surface area contributed by atoms with E-state index in [1.54, 1.807) is 0 Å². The van der Waals surface area contributed by atoms with Crippen molar-refractivity contribution in [1.29, 1.82) is 0 Å². The third-order valence-electron chi connectivity index (χ3n) is 1.43. The molecule has 11 heavy (non-hydrogen) atoms. The first-order chi connectivity index (χ1) is 5.18. The molecule has 1 aromatic rings. The SMILES string of the molecule is C=C(C)Cc1cccc(C)n1. The molecule has 0 saturated carbocycles. The molecule has 0 aromatic carbocycles. The topological polar surface area (TPSA) is 12.9 Å². The van der Waals surface area contributed by atoms with Crippen molar-refractivity contribution in [3.63, 3.8) is 0 Å². The van der Waals surface area contributed by atoms with E-state index >= 15 is 0 Å². The minimum absolute atomic E-state index is 0.891. The predicted molar refractivity (Wildman–Crippen MR) is 47.5 cm³/mol. The Morgan fingerprint density at radius 3 is 2.82 bits per heavy atom. The molecule has 0 N–H and O–H groups in total. The lowest BCUT2D eigenvalue weighted by Crippen LogP contribution is -1.91. The molecule has 0 aliphatic carbocycles. The van der Waals surface area contributed by atoms with E-state index in [0.29, 0.717) is 0 Å². The highest BCUT2D eigenvalue weighted by Crippen LogP contribution is 2.03. The van der Waals surface area contributed by atoms with Gasteiger partial charge in [0.05, 0.1) is 0 Å². The average molecular weight is 147 g/mol. The minimum atomic E-state index is 0.891. The predicted octanol–water partition coefficient (Wildman–Crippen LogP) is 2.51. The summed E-state index contributed by atoms with van der Waals surface area (Å²) in [5.41, 5.74) is 3.34. The molecule has 1 aromatic heterocycles. The molecule has 0 radical (unpaired) electrons. The van der Waals surface area contributed by atoms with Crippen molar-refractivity contribution in [3.8, 4) is 0 Å².